The van der Waals surface area contributed by atoms with E-state index < -0.39 is 11.9 Å². The smallest absolute Gasteiger partial charge is 0.335 e. The zero-order valence-electron chi connectivity index (χ0n) is 11.3. The first-order valence-corrected chi connectivity index (χ1v) is 6.06. The lowest BCUT2D eigenvalue weighted by Crippen LogP contribution is -2.08. The standard InChI is InChI=1S/C15H15NO4/c1-10(2)9-20-14(17)7-13(8-16)11-4-3-5-12(6-11)15(18)19/h3-7,10H,9H2,1-2H3,(H,18,19). The number of carbonyl (C=O) groups excluding carboxylic acids is 1. The molecule has 0 radical (unpaired) electrons. The van der Waals surface area contributed by atoms with Gasteiger partial charge in [-0.25, -0.2) is 9.59 Å². The van der Waals surface area contributed by atoms with Gasteiger partial charge in [0.05, 0.1) is 17.7 Å². The Labute approximate surface area is 117 Å². The number of nitriles is 1. The van der Waals surface area contributed by atoms with Crippen LogP contribution in [0.4, 0.5) is 0 Å². The maximum atomic E-state index is 11.5. The molecule has 20 heavy (non-hydrogen) atoms. The van der Waals surface area contributed by atoms with Crippen molar-refractivity contribution in [3.8, 4) is 6.07 Å². The van der Waals surface area contributed by atoms with Crippen LogP contribution in [0.5, 0.6) is 0 Å². The Balaban J connectivity index is 2.96. The molecule has 0 aliphatic heterocycles. The molecule has 1 aromatic carbocycles. The fraction of sp³-hybridized carbons (Fsp3) is 0.267. The number of carboxylic acids is 1. The van der Waals surface area contributed by atoms with E-state index in [2.05, 4.69) is 0 Å². The average Bonchev–Trinajstić information content (AvgIpc) is 2.42. The molecule has 0 atom stereocenters. The Bertz CT molecular complexity index is 582. The van der Waals surface area contributed by atoms with Gasteiger partial charge < -0.3 is 9.84 Å². The highest BCUT2D eigenvalue weighted by atomic mass is 16.5. The number of carbonyl (C=O) groups is 2. The molecule has 1 aromatic rings. The topological polar surface area (TPSA) is 87.4 Å². The number of carboxylic acid groups (broad SMARTS) is 1. The average molecular weight is 273 g/mol. The highest BCUT2D eigenvalue weighted by molar-refractivity contribution is 5.96. The van der Waals surface area contributed by atoms with Gasteiger partial charge in [-0.3, -0.25) is 0 Å². The Morgan fingerprint density at radius 2 is 2.05 bits per heavy atom. The first-order chi connectivity index (χ1) is 9.43. The molecule has 1 N–H and O–H groups in total. The van der Waals surface area contributed by atoms with Gasteiger partial charge in [0.15, 0.2) is 0 Å². The van der Waals surface area contributed by atoms with Crippen LogP contribution in [-0.2, 0) is 9.53 Å². The molecular formula is C15H15NO4. The highest BCUT2D eigenvalue weighted by Gasteiger charge is 2.09. The van der Waals surface area contributed by atoms with Gasteiger partial charge in [0.1, 0.15) is 6.07 Å². The van der Waals surface area contributed by atoms with Crippen LogP contribution in [0.2, 0.25) is 0 Å². The summed E-state index contributed by atoms with van der Waals surface area (Å²) in [6.45, 7) is 4.07. The monoisotopic (exact) mass is 273 g/mol. The zero-order valence-corrected chi connectivity index (χ0v) is 11.3. The second-order valence-electron chi connectivity index (χ2n) is 4.58. The molecule has 1 rings (SSSR count). The Kier molecular flexibility index (Phi) is 5.48. The van der Waals surface area contributed by atoms with Crippen LogP contribution in [0.15, 0.2) is 30.3 Å². The third-order valence-corrected chi connectivity index (χ3v) is 2.36. The predicted molar refractivity (Wildman–Crippen MR) is 72.8 cm³/mol. The Morgan fingerprint density at radius 1 is 1.40 bits per heavy atom. The first kappa shape index (κ1) is 15.4. The molecule has 0 heterocycles. The normalized spacial score (nSPS) is 11.0. The van der Waals surface area contributed by atoms with Gasteiger partial charge in [-0.05, 0) is 23.6 Å². The number of nitrogens with zero attached hydrogens (tertiary/aromatic N) is 1. The SMILES string of the molecule is CC(C)COC(=O)C=C(C#N)c1cccc(C(=O)O)c1. The number of benzene rings is 1. The third kappa shape index (κ3) is 4.58. The van der Waals surface area contributed by atoms with E-state index in [1.807, 2.05) is 19.9 Å². The van der Waals surface area contributed by atoms with E-state index in [0.29, 0.717) is 5.56 Å². The van der Waals surface area contributed by atoms with E-state index >= 15 is 0 Å². The largest absolute Gasteiger partial charge is 0.478 e. The highest BCUT2D eigenvalue weighted by Crippen LogP contribution is 2.15. The van der Waals surface area contributed by atoms with Gasteiger partial charge in [0, 0.05) is 6.08 Å². The molecule has 0 aromatic heterocycles. The molecule has 104 valence electrons. The summed E-state index contributed by atoms with van der Waals surface area (Å²) in [4.78, 5) is 22.4. The number of rotatable bonds is 5. The van der Waals surface area contributed by atoms with Crippen LogP contribution in [-0.4, -0.2) is 23.7 Å². The second-order valence-corrected chi connectivity index (χ2v) is 4.58. The maximum absolute atomic E-state index is 11.5. The lowest BCUT2D eigenvalue weighted by molar-refractivity contribution is -0.138. The predicted octanol–water partition coefficient (Wildman–Crippen LogP) is 2.49. The maximum Gasteiger partial charge on any atom is 0.335 e. The van der Waals surface area contributed by atoms with E-state index in [1.54, 1.807) is 6.07 Å². The van der Waals surface area contributed by atoms with E-state index in [0.717, 1.165) is 6.08 Å². The zero-order chi connectivity index (χ0) is 15.1. The molecule has 0 saturated carbocycles. The molecular weight excluding hydrogens is 258 g/mol. The molecule has 0 saturated heterocycles. The minimum atomic E-state index is -1.09. The van der Waals surface area contributed by atoms with Gasteiger partial charge in [0.25, 0.3) is 0 Å². The minimum Gasteiger partial charge on any atom is -0.478 e. The van der Waals surface area contributed by atoms with Gasteiger partial charge in [-0.15, -0.1) is 0 Å². The summed E-state index contributed by atoms with van der Waals surface area (Å²) in [7, 11) is 0. The second kappa shape index (κ2) is 7.10. The van der Waals surface area contributed by atoms with Gasteiger partial charge in [0.2, 0.25) is 0 Å². The summed E-state index contributed by atoms with van der Waals surface area (Å²) >= 11 is 0. The van der Waals surface area contributed by atoms with Crippen LogP contribution in [0.25, 0.3) is 5.57 Å². The number of hydrogen-bond acceptors (Lipinski definition) is 4. The molecule has 5 nitrogen and oxygen atoms in total. The Hall–Kier alpha value is -2.61. The summed E-state index contributed by atoms with van der Waals surface area (Å²) in [5.41, 5.74) is 0.495. The third-order valence-electron chi connectivity index (χ3n) is 2.36. The fourth-order valence-corrected chi connectivity index (χ4v) is 1.41. The molecule has 0 fully saturated rings. The molecule has 0 aliphatic carbocycles. The van der Waals surface area contributed by atoms with E-state index in [-0.39, 0.29) is 23.7 Å². The summed E-state index contributed by atoms with van der Waals surface area (Å²) in [5.74, 6) is -1.50. The van der Waals surface area contributed by atoms with Crippen molar-refractivity contribution < 1.29 is 19.4 Å². The molecule has 0 spiro atoms. The molecule has 0 bridgehead atoms. The van der Waals surface area contributed by atoms with Crippen molar-refractivity contribution in [2.24, 2.45) is 5.92 Å². The van der Waals surface area contributed by atoms with Gasteiger partial charge in [-0.2, -0.15) is 5.26 Å². The fourth-order valence-electron chi connectivity index (χ4n) is 1.41. The number of ether oxygens (including phenoxy) is 1. The lowest BCUT2D eigenvalue weighted by Gasteiger charge is -2.05. The van der Waals surface area contributed by atoms with Gasteiger partial charge >= 0.3 is 11.9 Å². The van der Waals surface area contributed by atoms with Crippen LogP contribution in [0.1, 0.15) is 29.8 Å². The van der Waals surface area contributed by atoms with Crippen molar-refractivity contribution in [3.05, 3.63) is 41.5 Å². The number of aromatic carboxylic acids is 1. The molecule has 5 heteroatoms. The molecule has 0 amide bonds. The number of hydrogen-bond donors (Lipinski definition) is 1. The minimum absolute atomic E-state index is 0.0548. The van der Waals surface area contributed by atoms with Crippen LogP contribution < -0.4 is 0 Å². The van der Waals surface area contributed by atoms with Crippen molar-refractivity contribution in [1.82, 2.24) is 0 Å². The van der Waals surface area contributed by atoms with Crippen molar-refractivity contribution in [1.29, 1.82) is 5.26 Å². The Morgan fingerprint density at radius 3 is 2.60 bits per heavy atom. The summed E-state index contributed by atoms with van der Waals surface area (Å²) in [6, 6.07) is 7.71. The summed E-state index contributed by atoms with van der Waals surface area (Å²) in [5, 5.41) is 18.0. The van der Waals surface area contributed by atoms with Crippen molar-refractivity contribution in [3.63, 3.8) is 0 Å². The molecule has 0 aliphatic rings. The number of allylic oxidation sites excluding steroid dienone is 1. The van der Waals surface area contributed by atoms with E-state index in [1.165, 1.54) is 18.2 Å². The lowest BCUT2D eigenvalue weighted by atomic mass is 10.0. The quantitative estimate of drug-likeness (QED) is 0.506. The van der Waals surface area contributed by atoms with Crippen LogP contribution in [0, 0.1) is 17.2 Å². The number of esters is 1. The van der Waals surface area contributed by atoms with Crippen molar-refractivity contribution >= 4 is 17.5 Å². The first-order valence-electron chi connectivity index (χ1n) is 6.06. The summed E-state index contributed by atoms with van der Waals surface area (Å²) < 4.78 is 4.95. The van der Waals surface area contributed by atoms with E-state index in [9.17, 15) is 9.59 Å². The molecule has 0 unspecified atom stereocenters. The van der Waals surface area contributed by atoms with Crippen LogP contribution >= 0.6 is 0 Å². The van der Waals surface area contributed by atoms with Crippen molar-refractivity contribution in [2.45, 2.75) is 13.8 Å². The van der Waals surface area contributed by atoms with Crippen LogP contribution in [0.3, 0.4) is 0 Å². The van der Waals surface area contributed by atoms with E-state index in [4.69, 9.17) is 15.1 Å². The van der Waals surface area contributed by atoms with Crippen molar-refractivity contribution in [2.75, 3.05) is 6.61 Å². The van der Waals surface area contributed by atoms with Gasteiger partial charge in [-0.1, -0.05) is 26.0 Å². The summed E-state index contributed by atoms with van der Waals surface area (Å²) in [6.07, 6.45) is 1.07.